The minimum Gasteiger partial charge on any atom is -0.347 e. The maximum absolute atomic E-state index is 13.6. The van der Waals surface area contributed by atoms with Crippen molar-refractivity contribution in [1.29, 1.82) is 0 Å². The smallest absolute Gasteiger partial charge is 0.347 e. The molecule has 0 aliphatic carbocycles. The van der Waals surface area contributed by atoms with Gasteiger partial charge >= 0.3 is 12.1 Å². The number of hydrogen-bond acceptors (Lipinski definition) is 4. The summed E-state index contributed by atoms with van der Waals surface area (Å²) in [6.45, 7) is 5.49. The molecule has 0 radical (unpaired) electrons. The van der Waals surface area contributed by atoms with Crippen LogP contribution in [0.5, 0.6) is 0 Å². The standard InChI is InChI=1S/C28H29F4N3O2S/c1-27(2,3)34-38-24-15-13-23(14-16-24)35(26(37)28(30,31)32)18-22(17-19-7-5-4-6-8-19)33-25(36)20-9-11-21(29)12-10-20/h4-16,22,34H,17-18H2,1-3H3,(H,33,36)/t22-/m0/s1. The van der Waals surface area contributed by atoms with Crippen molar-refractivity contribution >= 4 is 29.4 Å². The topological polar surface area (TPSA) is 61.4 Å². The molecule has 0 aromatic heterocycles. The Morgan fingerprint density at radius 3 is 2.05 bits per heavy atom. The van der Waals surface area contributed by atoms with E-state index in [1.54, 1.807) is 42.5 Å². The summed E-state index contributed by atoms with van der Waals surface area (Å²) in [4.78, 5) is 26.8. The number of alkyl halides is 3. The number of anilines is 1. The van der Waals surface area contributed by atoms with Crippen LogP contribution >= 0.6 is 11.9 Å². The quantitative estimate of drug-likeness (QED) is 0.249. The Bertz CT molecular complexity index is 1210. The van der Waals surface area contributed by atoms with Crippen molar-refractivity contribution in [3.05, 3.63) is 95.8 Å². The number of carbonyl (C=O) groups excluding carboxylic acids is 2. The Kier molecular flexibility index (Phi) is 9.56. The third-order valence-corrected chi connectivity index (χ3v) is 6.50. The molecule has 3 rings (SSSR count). The zero-order valence-corrected chi connectivity index (χ0v) is 22.0. The second-order valence-electron chi connectivity index (χ2n) is 9.73. The van der Waals surface area contributed by atoms with Crippen molar-refractivity contribution in [1.82, 2.24) is 10.0 Å². The minimum absolute atomic E-state index is 0.0431. The lowest BCUT2D eigenvalue weighted by molar-refractivity contribution is -0.170. The van der Waals surface area contributed by atoms with E-state index < -0.39 is 36.4 Å². The van der Waals surface area contributed by atoms with Gasteiger partial charge in [-0.25, -0.2) is 4.39 Å². The highest BCUT2D eigenvalue weighted by Gasteiger charge is 2.43. The van der Waals surface area contributed by atoms with Gasteiger partial charge in [-0.1, -0.05) is 30.3 Å². The van der Waals surface area contributed by atoms with E-state index >= 15 is 0 Å². The number of halogens is 4. The van der Waals surface area contributed by atoms with Crippen molar-refractivity contribution < 1.29 is 27.2 Å². The Balaban J connectivity index is 1.89. The van der Waals surface area contributed by atoms with Crippen molar-refractivity contribution in [3.8, 4) is 0 Å². The molecule has 202 valence electrons. The average Bonchev–Trinajstić information content (AvgIpc) is 2.86. The summed E-state index contributed by atoms with van der Waals surface area (Å²) in [6.07, 6.45) is -4.96. The van der Waals surface area contributed by atoms with Crippen LogP contribution in [-0.2, 0) is 11.2 Å². The van der Waals surface area contributed by atoms with E-state index in [9.17, 15) is 27.2 Å². The predicted octanol–water partition coefficient (Wildman–Crippen LogP) is 6.16. The van der Waals surface area contributed by atoms with Gasteiger partial charge in [0.1, 0.15) is 5.82 Å². The van der Waals surface area contributed by atoms with Gasteiger partial charge in [-0.15, -0.1) is 0 Å². The molecule has 38 heavy (non-hydrogen) atoms. The summed E-state index contributed by atoms with van der Waals surface area (Å²) < 4.78 is 57.4. The maximum atomic E-state index is 13.6. The van der Waals surface area contributed by atoms with E-state index in [-0.39, 0.29) is 23.2 Å². The van der Waals surface area contributed by atoms with Crippen LogP contribution in [0.15, 0.2) is 83.8 Å². The number of carbonyl (C=O) groups is 2. The van der Waals surface area contributed by atoms with E-state index in [1.807, 2.05) is 20.8 Å². The highest BCUT2D eigenvalue weighted by molar-refractivity contribution is 7.97. The molecule has 1 atom stereocenters. The molecule has 3 aromatic rings. The van der Waals surface area contributed by atoms with Crippen LogP contribution in [0.1, 0.15) is 36.7 Å². The molecule has 2 amide bonds. The largest absolute Gasteiger partial charge is 0.471 e. The Hall–Kier alpha value is -3.37. The Labute approximate surface area is 223 Å². The zero-order chi connectivity index (χ0) is 27.9. The third kappa shape index (κ3) is 8.88. The highest BCUT2D eigenvalue weighted by atomic mass is 32.2. The molecule has 0 aliphatic rings. The first-order valence-corrected chi connectivity index (χ1v) is 12.7. The minimum atomic E-state index is -5.13. The predicted molar refractivity (Wildman–Crippen MR) is 141 cm³/mol. The lowest BCUT2D eigenvalue weighted by atomic mass is 10.0. The highest BCUT2D eigenvalue weighted by Crippen LogP contribution is 2.27. The molecule has 10 heteroatoms. The average molecular weight is 548 g/mol. The molecule has 0 heterocycles. The molecule has 2 N–H and O–H groups in total. The number of rotatable bonds is 9. The summed E-state index contributed by atoms with van der Waals surface area (Å²) >= 11 is 1.33. The van der Waals surface area contributed by atoms with Crippen molar-refractivity contribution in [3.63, 3.8) is 0 Å². The van der Waals surface area contributed by atoms with Gasteiger partial charge < -0.3 is 10.2 Å². The summed E-state index contributed by atoms with van der Waals surface area (Å²) in [7, 11) is 0. The van der Waals surface area contributed by atoms with Gasteiger partial charge in [0.2, 0.25) is 0 Å². The van der Waals surface area contributed by atoms with Crippen LogP contribution in [-0.4, -0.2) is 36.1 Å². The zero-order valence-electron chi connectivity index (χ0n) is 21.2. The first-order chi connectivity index (χ1) is 17.8. The number of nitrogens with zero attached hydrogens (tertiary/aromatic N) is 1. The maximum Gasteiger partial charge on any atom is 0.471 e. The van der Waals surface area contributed by atoms with Crippen LogP contribution in [0.4, 0.5) is 23.2 Å². The molecular weight excluding hydrogens is 518 g/mol. The van der Waals surface area contributed by atoms with Gasteiger partial charge in [-0.2, -0.15) is 13.2 Å². The third-order valence-electron chi connectivity index (χ3n) is 5.28. The first kappa shape index (κ1) is 29.2. The van der Waals surface area contributed by atoms with E-state index in [0.717, 1.165) is 22.6 Å². The van der Waals surface area contributed by atoms with Crippen LogP contribution in [0.2, 0.25) is 0 Å². The molecule has 0 unspecified atom stereocenters. The molecule has 0 aliphatic heterocycles. The fourth-order valence-corrected chi connectivity index (χ4v) is 4.21. The van der Waals surface area contributed by atoms with Gasteiger partial charge in [0, 0.05) is 28.2 Å². The van der Waals surface area contributed by atoms with Gasteiger partial charge in [-0.3, -0.25) is 14.3 Å². The van der Waals surface area contributed by atoms with Gasteiger partial charge in [0.15, 0.2) is 0 Å². The molecular formula is C28H29F4N3O2S. The van der Waals surface area contributed by atoms with Crippen LogP contribution in [0, 0.1) is 5.82 Å². The molecule has 0 fully saturated rings. The molecule has 0 spiro atoms. The molecule has 0 bridgehead atoms. The van der Waals surface area contributed by atoms with E-state index in [4.69, 9.17) is 0 Å². The van der Waals surface area contributed by atoms with Gasteiger partial charge in [0.05, 0.1) is 6.04 Å². The first-order valence-electron chi connectivity index (χ1n) is 11.8. The number of nitrogens with one attached hydrogen (secondary N) is 2. The van der Waals surface area contributed by atoms with E-state index in [1.165, 1.54) is 36.2 Å². The fourth-order valence-electron chi connectivity index (χ4n) is 3.51. The summed E-state index contributed by atoms with van der Waals surface area (Å²) in [5.74, 6) is -3.16. The van der Waals surface area contributed by atoms with Crippen LogP contribution in [0.3, 0.4) is 0 Å². The fraction of sp³-hybridized carbons (Fsp3) is 0.286. The van der Waals surface area contributed by atoms with Crippen LogP contribution < -0.4 is 14.9 Å². The molecule has 5 nitrogen and oxygen atoms in total. The lowest BCUT2D eigenvalue weighted by Crippen LogP contribution is -2.50. The van der Waals surface area contributed by atoms with Gasteiger partial charge in [0.25, 0.3) is 5.91 Å². The summed E-state index contributed by atoms with van der Waals surface area (Å²) in [6, 6.07) is 19.0. The second kappa shape index (κ2) is 12.4. The Morgan fingerprint density at radius 1 is 0.895 bits per heavy atom. The number of hydrogen-bond donors (Lipinski definition) is 2. The number of benzene rings is 3. The van der Waals surface area contributed by atoms with E-state index in [2.05, 4.69) is 10.0 Å². The summed E-state index contributed by atoms with van der Waals surface area (Å²) in [5, 5.41) is 2.72. The normalized spacial score (nSPS) is 12.6. The van der Waals surface area contributed by atoms with Crippen molar-refractivity contribution in [2.75, 3.05) is 11.4 Å². The van der Waals surface area contributed by atoms with Crippen molar-refractivity contribution in [2.45, 2.75) is 49.8 Å². The van der Waals surface area contributed by atoms with Crippen molar-refractivity contribution in [2.24, 2.45) is 0 Å². The lowest BCUT2D eigenvalue weighted by Gasteiger charge is -2.29. The van der Waals surface area contributed by atoms with Crippen LogP contribution in [0.25, 0.3) is 0 Å². The summed E-state index contributed by atoms with van der Waals surface area (Å²) in [5.41, 5.74) is 0.762. The molecule has 0 saturated heterocycles. The molecule has 0 saturated carbocycles. The second-order valence-corrected chi connectivity index (χ2v) is 10.6. The molecule has 3 aromatic carbocycles. The monoisotopic (exact) mass is 547 g/mol. The van der Waals surface area contributed by atoms with E-state index in [0.29, 0.717) is 4.90 Å². The SMILES string of the molecule is CC(C)(C)NSc1ccc(N(C[C@H](Cc2ccccc2)NC(=O)c2ccc(F)cc2)C(=O)C(F)(F)F)cc1. The number of amides is 2. The van der Waals surface area contributed by atoms with Gasteiger partial charge in [-0.05, 0) is 93.2 Å². The Morgan fingerprint density at radius 2 is 1.50 bits per heavy atom.